The first-order valence-corrected chi connectivity index (χ1v) is 8.04. The van der Waals surface area contributed by atoms with Crippen molar-refractivity contribution in [3.63, 3.8) is 0 Å². The fourth-order valence-electron chi connectivity index (χ4n) is 3.23. The number of amides is 1. The normalized spacial score (nSPS) is 17.2. The van der Waals surface area contributed by atoms with Gasteiger partial charge in [0.1, 0.15) is 0 Å². The maximum Gasteiger partial charge on any atom is 0.224 e. The summed E-state index contributed by atoms with van der Waals surface area (Å²) in [5.41, 5.74) is 4.52. The van der Waals surface area contributed by atoms with Gasteiger partial charge >= 0.3 is 0 Å². The molecule has 1 unspecified atom stereocenters. The van der Waals surface area contributed by atoms with Gasteiger partial charge in [0.15, 0.2) is 0 Å². The number of fused-ring (bicyclic) bond motifs is 1. The summed E-state index contributed by atoms with van der Waals surface area (Å²) < 4.78 is 6.97. The van der Waals surface area contributed by atoms with E-state index in [4.69, 9.17) is 4.74 Å². The second-order valence-corrected chi connectivity index (χ2v) is 6.11. The van der Waals surface area contributed by atoms with Crippen LogP contribution >= 0.6 is 0 Å². The number of rotatable bonds is 4. The smallest absolute Gasteiger partial charge is 0.224 e. The van der Waals surface area contributed by atoms with Gasteiger partial charge in [0, 0.05) is 37.5 Å². The monoisotopic (exact) mass is 313 g/mol. The topological polar surface area (TPSA) is 47.4 Å². The standard InChI is InChI=1S/C18H23N3O2/c1-13-4-5-16-10-15(6-7-18(16)21(13)14(2)22)17-11-19-20(12-17)8-9-23-3/h6-7,10-13H,4-5,8-9H2,1-3H3. The second-order valence-electron chi connectivity index (χ2n) is 6.11. The lowest BCUT2D eigenvalue weighted by atomic mass is 9.94. The molecule has 0 fully saturated rings. The Kier molecular flexibility index (Phi) is 4.48. The highest BCUT2D eigenvalue weighted by atomic mass is 16.5. The summed E-state index contributed by atoms with van der Waals surface area (Å²) in [6, 6.07) is 6.59. The van der Waals surface area contributed by atoms with Crippen LogP contribution in [-0.4, -0.2) is 35.4 Å². The number of benzene rings is 1. The molecule has 1 atom stereocenters. The highest BCUT2D eigenvalue weighted by molar-refractivity contribution is 5.94. The molecule has 122 valence electrons. The number of anilines is 1. The van der Waals surface area contributed by atoms with Gasteiger partial charge < -0.3 is 9.64 Å². The van der Waals surface area contributed by atoms with Crippen molar-refractivity contribution in [2.24, 2.45) is 0 Å². The molecular weight excluding hydrogens is 290 g/mol. The number of hydrogen-bond acceptors (Lipinski definition) is 3. The molecule has 1 aromatic carbocycles. The second kappa shape index (κ2) is 6.54. The van der Waals surface area contributed by atoms with E-state index in [1.54, 1.807) is 14.0 Å². The predicted octanol–water partition coefficient (Wildman–Crippen LogP) is 2.88. The first-order chi connectivity index (χ1) is 11.1. The molecule has 23 heavy (non-hydrogen) atoms. The van der Waals surface area contributed by atoms with Crippen molar-refractivity contribution in [3.05, 3.63) is 36.2 Å². The van der Waals surface area contributed by atoms with Gasteiger partial charge in [0.25, 0.3) is 0 Å². The van der Waals surface area contributed by atoms with E-state index in [1.807, 2.05) is 22.0 Å². The molecule has 1 aliphatic rings. The zero-order valence-electron chi connectivity index (χ0n) is 14.0. The van der Waals surface area contributed by atoms with E-state index >= 15 is 0 Å². The lowest BCUT2D eigenvalue weighted by molar-refractivity contribution is -0.117. The average Bonchev–Trinajstić information content (AvgIpc) is 3.00. The van der Waals surface area contributed by atoms with Crippen LogP contribution in [0, 0.1) is 0 Å². The molecule has 2 aromatic rings. The maximum absolute atomic E-state index is 11.9. The molecule has 0 radical (unpaired) electrons. The van der Waals surface area contributed by atoms with E-state index in [2.05, 4.69) is 30.2 Å². The van der Waals surface area contributed by atoms with E-state index < -0.39 is 0 Å². The first kappa shape index (κ1) is 15.7. The molecule has 0 N–H and O–H groups in total. The molecule has 0 saturated heterocycles. The molecule has 1 amide bonds. The minimum absolute atomic E-state index is 0.110. The molecule has 1 aliphatic heterocycles. The lowest BCUT2D eigenvalue weighted by Gasteiger charge is -2.34. The number of aromatic nitrogens is 2. The third kappa shape index (κ3) is 3.15. The van der Waals surface area contributed by atoms with Crippen LogP contribution in [0.15, 0.2) is 30.6 Å². The van der Waals surface area contributed by atoms with E-state index in [0.29, 0.717) is 6.61 Å². The van der Waals surface area contributed by atoms with Gasteiger partial charge in [-0.2, -0.15) is 5.10 Å². The molecule has 3 rings (SSSR count). The van der Waals surface area contributed by atoms with Gasteiger partial charge in [0.2, 0.25) is 5.91 Å². The SMILES string of the molecule is COCCn1cc(-c2ccc3c(c2)CCC(C)N3C(C)=O)cn1. The van der Waals surface area contributed by atoms with E-state index in [9.17, 15) is 4.79 Å². The van der Waals surface area contributed by atoms with Crippen LogP contribution in [0.25, 0.3) is 11.1 Å². The molecular formula is C18H23N3O2. The Morgan fingerprint density at radius 1 is 1.39 bits per heavy atom. The summed E-state index contributed by atoms with van der Waals surface area (Å²) >= 11 is 0. The molecule has 1 aromatic heterocycles. The van der Waals surface area contributed by atoms with Gasteiger partial charge in [-0.25, -0.2) is 0 Å². The number of nitrogens with zero attached hydrogens (tertiary/aromatic N) is 3. The third-order valence-corrected chi connectivity index (χ3v) is 4.44. The number of carbonyl (C=O) groups excluding carboxylic acids is 1. The lowest BCUT2D eigenvalue weighted by Crippen LogP contribution is -2.40. The van der Waals surface area contributed by atoms with Crippen LogP contribution in [0.1, 0.15) is 25.8 Å². The van der Waals surface area contributed by atoms with Crippen LogP contribution in [0.3, 0.4) is 0 Å². The maximum atomic E-state index is 11.9. The minimum atomic E-state index is 0.110. The average molecular weight is 313 g/mol. The molecule has 5 heteroatoms. The zero-order chi connectivity index (χ0) is 16.4. The summed E-state index contributed by atoms with van der Waals surface area (Å²) in [5.74, 6) is 0.110. The summed E-state index contributed by atoms with van der Waals surface area (Å²) in [5, 5.41) is 4.37. The van der Waals surface area contributed by atoms with E-state index in [1.165, 1.54) is 5.56 Å². The van der Waals surface area contributed by atoms with Crippen LogP contribution in [0.5, 0.6) is 0 Å². The fourth-order valence-corrected chi connectivity index (χ4v) is 3.23. The van der Waals surface area contributed by atoms with Gasteiger partial charge in [0.05, 0.1) is 19.3 Å². The first-order valence-electron chi connectivity index (χ1n) is 8.04. The number of hydrogen-bond donors (Lipinski definition) is 0. The van der Waals surface area contributed by atoms with Crippen molar-refractivity contribution in [1.82, 2.24) is 9.78 Å². The van der Waals surface area contributed by atoms with Crippen molar-refractivity contribution < 1.29 is 9.53 Å². The molecule has 2 heterocycles. The van der Waals surface area contributed by atoms with Crippen LogP contribution in [0.2, 0.25) is 0 Å². The Morgan fingerprint density at radius 3 is 2.96 bits per heavy atom. The summed E-state index contributed by atoms with van der Waals surface area (Å²) in [4.78, 5) is 13.8. The summed E-state index contributed by atoms with van der Waals surface area (Å²) in [7, 11) is 1.69. The van der Waals surface area contributed by atoms with Gasteiger partial charge in [-0.15, -0.1) is 0 Å². The van der Waals surface area contributed by atoms with E-state index in [-0.39, 0.29) is 11.9 Å². The van der Waals surface area contributed by atoms with Crippen molar-refractivity contribution >= 4 is 11.6 Å². The Morgan fingerprint density at radius 2 is 2.22 bits per heavy atom. The molecule has 0 aliphatic carbocycles. The Bertz CT molecular complexity index is 708. The van der Waals surface area contributed by atoms with Gasteiger partial charge in [-0.1, -0.05) is 6.07 Å². The van der Waals surface area contributed by atoms with E-state index in [0.717, 1.165) is 36.2 Å². The van der Waals surface area contributed by atoms with Gasteiger partial charge in [-0.05, 0) is 43.0 Å². The van der Waals surface area contributed by atoms with Crippen LogP contribution in [0.4, 0.5) is 5.69 Å². The molecule has 5 nitrogen and oxygen atoms in total. The minimum Gasteiger partial charge on any atom is -0.383 e. The number of ether oxygens (including phenoxy) is 1. The van der Waals surface area contributed by atoms with Crippen molar-refractivity contribution in [2.75, 3.05) is 18.6 Å². The van der Waals surface area contributed by atoms with Crippen molar-refractivity contribution in [1.29, 1.82) is 0 Å². The molecule has 0 spiro atoms. The molecule has 0 bridgehead atoms. The quantitative estimate of drug-likeness (QED) is 0.872. The van der Waals surface area contributed by atoms with Crippen molar-refractivity contribution in [3.8, 4) is 11.1 Å². The largest absolute Gasteiger partial charge is 0.383 e. The highest BCUT2D eigenvalue weighted by Crippen LogP contribution is 2.34. The molecule has 0 saturated carbocycles. The van der Waals surface area contributed by atoms with Crippen LogP contribution < -0.4 is 4.90 Å². The Hall–Kier alpha value is -2.14. The van der Waals surface area contributed by atoms with Crippen LogP contribution in [-0.2, 0) is 22.5 Å². The fraction of sp³-hybridized carbons (Fsp3) is 0.444. The number of carbonyl (C=O) groups is 1. The van der Waals surface area contributed by atoms with Gasteiger partial charge in [-0.3, -0.25) is 9.48 Å². The van der Waals surface area contributed by atoms with Crippen molar-refractivity contribution in [2.45, 2.75) is 39.3 Å². The Labute approximate surface area is 136 Å². The summed E-state index contributed by atoms with van der Waals surface area (Å²) in [6.45, 7) is 5.14. The zero-order valence-corrected chi connectivity index (χ0v) is 14.0. The third-order valence-electron chi connectivity index (χ3n) is 4.44. The highest BCUT2D eigenvalue weighted by Gasteiger charge is 2.26. The number of aryl methyl sites for hydroxylation is 1. The summed E-state index contributed by atoms with van der Waals surface area (Å²) in [6.07, 6.45) is 5.93. The number of methoxy groups -OCH3 is 1. The predicted molar refractivity (Wildman–Crippen MR) is 90.5 cm³/mol. The Balaban J connectivity index is 1.89.